The Kier molecular flexibility index (Phi) is 8.63. The van der Waals surface area contributed by atoms with Gasteiger partial charge in [0.2, 0.25) is 11.8 Å². The van der Waals surface area contributed by atoms with Crippen LogP contribution in [0.5, 0.6) is 5.88 Å². The van der Waals surface area contributed by atoms with E-state index < -0.39 is 10.0 Å². The number of aromatic nitrogens is 3. The van der Waals surface area contributed by atoms with Crippen molar-refractivity contribution in [1.29, 1.82) is 0 Å². The highest BCUT2D eigenvalue weighted by atomic mass is 32.2. The van der Waals surface area contributed by atoms with Gasteiger partial charge in [-0.15, -0.1) is 0 Å². The summed E-state index contributed by atoms with van der Waals surface area (Å²) in [6.07, 6.45) is 2.37. The molecule has 43 heavy (non-hydrogen) atoms. The van der Waals surface area contributed by atoms with E-state index in [0.717, 1.165) is 22.3 Å². The predicted octanol–water partition coefficient (Wildman–Crippen LogP) is 5.45. The summed E-state index contributed by atoms with van der Waals surface area (Å²) in [4.78, 5) is 29.2. The highest BCUT2D eigenvalue weighted by molar-refractivity contribution is 7.92. The average Bonchev–Trinajstić information content (AvgIpc) is 2.97. The molecule has 0 spiro atoms. The third-order valence-corrected chi connectivity index (χ3v) is 8.69. The number of ether oxygens (including phenoxy) is 1. The summed E-state index contributed by atoms with van der Waals surface area (Å²) in [5, 5.41) is 3.01. The lowest BCUT2D eigenvalue weighted by Gasteiger charge is -2.33. The van der Waals surface area contributed by atoms with Gasteiger partial charge in [-0.2, -0.15) is 4.98 Å². The van der Waals surface area contributed by atoms with Gasteiger partial charge in [-0.1, -0.05) is 44.2 Å². The fraction of sp³-hybridized carbons (Fsp3) is 0.312. The Labute approximate surface area is 252 Å². The van der Waals surface area contributed by atoms with Crippen molar-refractivity contribution in [1.82, 2.24) is 19.9 Å². The number of sulfonamides is 1. The van der Waals surface area contributed by atoms with E-state index in [4.69, 9.17) is 4.74 Å². The van der Waals surface area contributed by atoms with Crippen LogP contribution < -0.4 is 14.8 Å². The van der Waals surface area contributed by atoms with E-state index in [0.29, 0.717) is 17.9 Å². The molecule has 2 aromatic heterocycles. The Bertz CT molecular complexity index is 1720. The fourth-order valence-corrected chi connectivity index (χ4v) is 6.26. The van der Waals surface area contributed by atoms with Gasteiger partial charge in [-0.05, 0) is 67.1 Å². The molecule has 5 rings (SSSR count). The third kappa shape index (κ3) is 6.77. The number of carbonyl (C=O) groups excluding carboxylic acids is 1. The molecule has 1 aliphatic rings. The van der Waals surface area contributed by atoms with Crippen molar-refractivity contribution >= 4 is 27.7 Å². The number of nitrogens with zero attached hydrogens (tertiary/aromatic N) is 4. The maximum atomic E-state index is 14.1. The van der Waals surface area contributed by atoms with Gasteiger partial charge in [0.25, 0.3) is 15.9 Å². The van der Waals surface area contributed by atoms with Crippen molar-refractivity contribution in [2.75, 3.05) is 23.7 Å². The number of hydrogen-bond donors (Lipinski definition) is 2. The first kappa shape index (κ1) is 30.0. The Morgan fingerprint density at radius 1 is 1.05 bits per heavy atom. The monoisotopic (exact) mass is 600 g/mol. The average molecular weight is 601 g/mol. The van der Waals surface area contributed by atoms with Crippen molar-refractivity contribution < 1.29 is 17.9 Å². The van der Waals surface area contributed by atoms with Crippen LogP contribution in [0.1, 0.15) is 47.3 Å². The number of amides is 1. The van der Waals surface area contributed by atoms with Crippen LogP contribution in [0.4, 0.5) is 11.8 Å². The number of carbonyl (C=O) groups is 1. The van der Waals surface area contributed by atoms with E-state index in [1.807, 2.05) is 44.2 Å². The number of fused-ring (bicyclic) bond motifs is 4. The largest absolute Gasteiger partial charge is 0.475 e. The second-order valence-corrected chi connectivity index (χ2v) is 12.8. The van der Waals surface area contributed by atoms with Crippen LogP contribution in [-0.4, -0.2) is 53.9 Å². The molecule has 224 valence electrons. The molecule has 0 fully saturated rings. The minimum atomic E-state index is -4.14. The van der Waals surface area contributed by atoms with Crippen molar-refractivity contribution in [2.24, 2.45) is 5.92 Å². The summed E-state index contributed by atoms with van der Waals surface area (Å²) in [5.74, 6) is 0.740. The minimum absolute atomic E-state index is 0.0680. The molecule has 1 atom stereocenters. The lowest BCUT2D eigenvalue weighted by Crippen LogP contribution is -2.44. The van der Waals surface area contributed by atoms with Crippen LogP contribution in [0.25, 0.3) is 11.3 Å². The summed E-state index contributed by atoms with van der Waals surface area (Å²) in [5.41, 5.74) is 4.45. The zero-order chi connectivity index (χ0) is 30.7. The standard InChI is InChI=1S/C32H36N6O4S/c1-20(2)14-25-19-42-29-16-27(30-21(3)8-6-9-22(30)4)35-32(36-29)37-43(40,41)26-11-7-10-24(15-26)31(39)38(25)18-23-12-13-28(33-5)34-17-23/h6-13,15-17,20,25H,14,18-19H2,1-5H3,(H,33,34)(H,35,36,37)/t25-/m1/s1. The van der Waals surface area contributed by atoms with Crippen molar-refractivity contribution in [3.63, 3.8) is 0 Å². The van der Waals surface area contributed by atoms with Gasteiger partial charge in [0, 0.05) is 37.0 Å². The second-order valence-electron chi connectivity index (χ2n) is 11.1. The van der Waals surface area contributed by atoms with Gasteiger partial charge in [0.1, 0.15) is 12.4 Å². The molecular formula is C32H36N6O4S. The summed E-state index contributed by atoms with van der Waals surface area (Å²) >= 11 is 0. The molecule has 11 heteroatoms. The molecule has 4 aromatic rings. The summed E-state index contributed by atoms with van der Waals surface area (Å²) in [7, 11) is -2.34. The smallest absolute Gasteiger partial charge is 0.264 e. The molecule has 2 aromatic carbocycles. The third-order valence-electron chi connectivity index (χ3n) is 7.36. The highest BCUT2D eigenvalue weighted by Crippen LogP contribution is 2.30. The molecular weight excluding hydrogens is 564 g/mol. The normalized spacial score (nSPS) is 16.4. The van der Waals surface area contributed by atoms with Gasteiger partial charge in [0.05, 0.1) is 16.6 Å². The minimum Gasteiger partial charge on any atom is -0.475 e. The maximum Gasteiger partial charge on any atom is 0.264 e. The van der Waals surface area contributed by atoms with Crippen LogP contribution in [-0.2, 0) is 16.6 Å². The number of anilines is 2. The van der Waals surface area contributed by atoms with Gasteiger partial charge in [-0.3, -0.25) is 4.79 Å². The second kappa shape index (κ2) is 12.4. The Balaban J connectivity index is 1.65. The van der Waals surface area contributed by atoms with Crippen LogP contribution >= 0.6 is 0 Å². The molecule has 0 saturated heterocycles. The fourth-order valence-electron chi connectivity index (χ4n) is 5.27. The van der Waals surface area contributed by atoms with Crippen LogP contribution in [0.3, 0.4) is 0 Å². The van der Waals surface area contributed by atoms with Crippen LogP contribution in [0, 0.1) is 19.8 Å². The molecule has 0 aliphatic carbocycles. The van der Waals surface area contributed by atoms with E-state index in [9.17, 15) is 13.2 Å². The van der Waals surface area contributed by atoms with Gasteiger partial charge in [0.15, 0.2) is 0 Å². The van der Waals surface area contributed by atoms with Gasteiger partial charge < -0.3 is 15.0 Å². The molecule has 0 saturated carbocycles. The van der Waals surface area contributed by atoms with E-state index >= 15 is 0 Å². The van der Waals surface area contributed by atoms with Crippen molar-refractivity contribution in [3.8, 4) is 17.1 Å². The topological polar surface area (TPSA) is 126 Å². The zero-order valence-electron chi connectivity index (χ0n) is 25.0. The Morgan fingerprint density at radius 3 is 2.47 bits per heavy atom. The number of rotatable bonds is 6. The molecule has 0 unspecified atom stereocenters. The first-order valence-corrected chi connectivity index (χ1v) is 15.7. The van der Waals surface area contributed by atoms with E-state index in [-0.39, 0.29) is 53.3 Å². The Morgan fingerprint density at radius 2 is 1.79 bits per heavy atom. The van der Waals surface area contributed by atoms with Crippen molar-refractivity contribution in [2.45, 2.75) is 51.6 Å². The summed E-state index contributed by atoms with van der Waals surface area (Å²) in [6, 6.07) is 17.1. The number of pyridine rings is 1. The quantitative estimate of drug-likeness (QED) is 0.299. The highest BCUT2D eigenvalue weighted by Gasteiger charge is 2.29. The van der Waals surface area contributed by atoms with Gasteiger partial charge >= 0.3 is 0 Å². The zero-order valence-corrected chi connectivity index (χ0v) is 25.8. The molecule has 4 bridgehead atoms. The molecule has 3 heterocycles. The molecule has 1 aliphatic heterocycles. The molecule has 1 amide bonds. The first-order chi connectivity index (χ1) is 20.5. The summed E-state index contributed by atoms with van der Waals surface area (Å²) in [6.45, 7) is 8.53. The number of benzene rings is 2. The van der Waals surface area contributed by atoms with E-state index in [1.54, 1.807) is 36.3 Å². The van der Waals surface area contributed by atoms with E-state index in [1.165, 1.54) is 12.1 Å². The number of aryl methyl sites for hydroxylation is 2. The number of nitrogens with one attached hydrogen (secondary N) is 2. The maximum absolute atomic E-state index is 14.1. The molecule has 10 nitrogen and oxygen atoms in total. The SMILES string of the molecule is CNc1ccc(CN2C(=O)c3cccc(c3)S(=O)(=O)Nc3nc(cc(-c4c(C)cccc4C)n3)OC[C@H]2CC(C)C)cn1. The van der Waals surface area contributed by atoms with E-state index in [2.05, 4.69) is 38.8 Å². The molecule has 2 N–H and O–H groups in total. The Hall–Kier alpha value is -4.51. The lowest BCUT2D eigenvalue weighted by molar-refractivity contribution is 0.0553. The molecule has 0 radical (unpaired) electrons. The van der Waals surface area contributed by atoms with Crippen LogP contribution in [0.15, 0.2) is 71.8 Å². The number of hydrogen-bond acceptors (Lipinski definition) is 8. The van der Waals surface area contributed by atoms with Gasteiger partial charge in [-0.25, -0.2) is 23.1 Å². The first-order valence-electron chi connectivity index (χ1n) is 14.2. The van der Waals surface area contributed by atoms with Crippen LogP contribution in [0.2, 0.25) is 0 Å². The lowest BCUT2D eigenvalue weighted by atomic mass is 10.00. The summed E-state index contributed by atoms with van der Waals surface area (Å²) < 4.78 is 35.9. The predicted molar refractivity (Wildman–Crippen MR) is 167 cm³/mol. The van der Waals surface area contributed by atoms with Crippen molar-refractivity contribution in [3.05, 3.63) is 89.1 Å².